The van der Waals surface area contributed by atoms with Gasteiger partial charge in [-0.3, -0.25) is 0 Å². The van der Waals surface area contributed by atoms with E-state index in [4.69, 9.17) is 11.3 Å². The van der Waals surface area contributed by atoms with E-state index in [1.165, 1.54) is 0 Å². The summed E-state index contributed by atoms with van der Waals surface area (Å²) >= 11 is 0. The summed E-state index contributed by atoms with van der Waals surface area (Å²) in [5.41, 5.74) is 2.25. The summed E-state index contributed by atoms with van der Waals surface area (Å²) in [7, 11) is -1.36. The van der Waals surface area contributed by atoms with Gasteiger partial charge in [0.2, 0.25) is 0 Å². The summed E-state index contributed by atoms with van der Waals surface area (Å²) in [5.74, 6) is 0.447. The maximum atomic E-state index is 12.5. The highest BCUT2D eigenvalue weighted by Gasteiger charge is 2.48. The number of amides is 1. The monoisotopic (exact) mass is 396 g/mol. The Hall–Kier alpha value is -2.33. The van der Waals surface area contributed by atoms with Crippen LogP contribution in [0.5, 0.6) is 0 Å². The predicted molar refractivity (Wildman–Crippen MR) is 112 cm³/mol. The second-order valence-electron chi connectivity index (χ2n) is 9.61. The Morgan fingerprint density at radius 2 is 2.21 bits per heavy atom. The van der Waals surface area contributed by atoms with Crippen LogP contribution in [0.2, 0.25) is 19.6 Å². The second kappa shape index (κ2) is 6.93. The first-order valence-electron chi connectivity index (χ1n) is 10.1. The Morgan fingerprint density at radius 1 is 1.39 bits per heavy atom. The average molecular weight is 397 g/mol. The fourth-order valence-corrected chi connectivity index (χ4v) is 6.15. The van der Waals surface area contributed by atoms with Crippen LogP contribution < -0.4 is 0 Å². The molecular weight excluding hydrogens is 368 g/mol. The molecule has 2 aliphatic rings. The molecule has 1 amide bonds. The van der Waals surface area contributed by atoms with Crippen LogP contribution in [0.1, 0.15) is 25.7 Å². The molecule has 0 N–H and O–H groups in total. The van der Waals surface area contributed by atoms with E-state index in [0.717, 1.165) is 56.0 Å². The number of aromatic nitrogens is 2. The predicted octanol–water partition coefficient (Wildman–Crippen LogP) is 4.85. The summed E-state index contributed by atoms with van der Waals surface area (Å²) in [6.07, 6.45) is 6.70. The SMILES string of the molecule is [C-]#[N+]c1ccc2ncn(C[C@H]3CCC[C@]4(C3)CN(C[Si](C)(C)C)C(=O)O4)c2c1. The second-order valence-corrected chi connectivity index (χ2v) is 15.0. The number of rotatable bonds is 4. The summed E-state index contributed by atoms with van der Waals surface area (Å²) in [4.78, 5) is 22.4. The molecule has 1 saturated heterocycles. The van der Waals surface area contributed by atoms with Crippen LogP contribution in [0.25, 0.3) is 15.9 Å². The molecule has 1 aliphatic heterocycles. The molecule has 1 aliphatic carbocycles. The summed E-state index contributed by atoms with van der Waals surface area (Å²) < 4.78 is 8.12. The molecule has 148 valence electrons. The lowest BCUT2D eigenvalue weighted by Crippen LogP contribution is -2.44. The number of imidazole rings is 1. The lowest BCUT2D eigenvalue weighted by atomic mass is 9.78. The van der Waals surface area contributed by atoms with Crippen LogP contribution in [0.4, 0.5) is 10.5 Å². The quantitative estimate of drug-likeness (QED) is 0.548. The van der Waals surface area contributed by atoms with E-state index in [-0.39, 0.29) is 11.7 Å². The fraction of sp³-hybridized carbons (Fsp3) is 0.571. The van der Waals surface area contributed by atoms with Crippen molar-refractivity contribution < 1.29 is 9.53 Å². The minimum Gasteiger partial charge on any atom is -0.441 e. The Morgan fingerprint density at radius 3 is 2.96 bits per heavy atom. The lowest BCUT2D eigenvalue weighted by Gasteiger charge is -2.36. The van der Waals surface area contributed by atoms with E-state index in [1.54, 1.807) is 0 Å². The first-order valence-corrected chi connectivity index (χ1v) is 13.8. The number of carbonyl (C=O) groups excluding carboxylic acids is 1. The van der Waals surface area contributed by atoms with Crippen LogP contribution in [-0.2, 0) is 11.3 Å². The highest BCUT2D eigenvalue weighted by molar-refractivity contribution is 6.76. The highest BCUT2D eigenvalue weighted by Crippen LogP contribution is 2.41. The largest absolute Gasteiger partial charge is 0.441 e. The Labute approximate surface area is 167 Å². The van der Waals surface area contributed by atoms with Gasteiger partial charge in [0.15, 0.2) is 5.69 Å². The Bertz CT molecular complexity index is 942. The summed E-state index contributed by atoms with van der Waals surface area (Å²) in [6, 6.07) is 5.64. The van der Waals surface area contributed by atoms with Crippen molar-refractivity contribution in [2.75, 3.05) is 12.7 Å². The number of hydrogen-bond donors (Lipinski definition) is 0. The standard InChI is InChI=1S/C21H28N4O2Si/c1-22-17-7-8-18-19(10-17)24(14-23-18)12-16-6-5-9-21(11-16)13-25(20(26)27-21)15-28(2,3)4/h7-8,10,14,16H,5-6,9,11-13,15H2,2-4H3/t16-,21-/m0/s1. The third-order valence-corrected chi connectivity index (χ3v) is 7.13. The molecule has 1 aromatic carbocycles. The molecule has 1 aromatic heterocycles. The van der Waals surface area contributed by atoms with Gasteiger partial charge in [-0.15, -0.1) is 0 Å². The van der Waals surface area contributed by atoms with E-state index in [1.807, 2.05) is 29.4 Å². The van der Waals surface area contributed by atoms with Gasteiger partial charge in [-0.2, -0.15) is 0 Å². The topological polar surface area (TPSA) is 51.7 Å². The van der Waals surface area contributed by atoms with Crippen LogP contribution in [0.15, 0.2) is 24.5 Å². The van der Waals surface area contributed by atoms with Crippen molar-refractivity contribution in [2.24, 2.45) is 5.92 Å². The van der Waals surface area contributed by atoms with Gasteiger partial charge in [0, 0.05) is 12.7 Å². The number of hydrogen-bond acceptors (Lipinski definition) is 3. The Kier molecular flexibility index (Phi) is 4.70. The molecule has 0 unspecified atom stereocenters. The molecule has 6 nitrogen and oxygen atoms in total. The van der Waals surface area contributed by atoms with Crippen molar-refractivity contribution in [1.29, 1.82) is 0 Å². The number of fused-ring (bicyclic) bond motifs is 1. The molecule has 2 fully saturated rings. The summed E-state index contributed by atoms with van der Waals surface area (Å²) in [5, 5.41) is 0. The van der Waals surface area contributed by atoms with Crippen molar-refractivity contribution in [1.82, 2.24) is 14.5 Å². The van der Waals surface area contributed by atoms with E-state index in [0.29, 0.717) is 11.6 Å². The minimum atomic E-state index is -1.36. The van der Waals surface area contributed by atoms with Gasteiger partial charge in [0.25, 0.3) is 0 Å². The maximum absolute atomic E-state index is 12.5. The van der Waals surface area contributed by atoms with Gasteiger partial charge in [-0.25, -0.2) is 14.6 Å². The Balaban J connectivity index is 1.49. The number of ether oxygens (including phenoxy) is 1. The van der Waals surface area contributed by atoms with Crippen molar-refractivity contribution in [3.8, 4) is 0 Å². The van der Waals surface area contributed by atoms with Crippen LogP contribution in [0.3, 0.4) is 0 Å². The van der Waals surface area contributed by atoms with Gasteiger partial charge in [-0.1, -0.05) is 25.7 Å². The molecule has 7 heteroatoms. The fourth-order valence-electron chi connectivity index (χ4n) is 4.76. The van der Waals surface area contributed by atoms with Crippen LogP contribution in [-0.4, -0.2) is 46.9 Å². The van der Waals surface area contributed by atoms with Crippen molar-refractivity contribution in [3.05, 3.63) is 35.9 Å². The molecule has 0 bridgehead atoms. The molecule has 4 rings (SSSR count). The van der Waals surface area contributed by atoms with E-state index in [9.17, 15) is 4.79 Å². The molecule has 0 radical (unpaired) electrons. The molecule has 28 heavy (non-hydrogen) atoms. The average Bonchev–Trinajstić information content (AvgIpc) is 3.14. The van der Waals surface area contributed by atoms with Crippen molar-refractivity contribution in [3.63, 3.8) is 0 Å². The van der Waals surface area contributed by atoms with Gasteiger partial charge in [0.1, 0.15) is 5.60 Å². The highest BCUT2D eigenvalue weighted by atomic mass is 28.3. The molecule has 2 heterocycles. The maximum Gasteiger partial charge on any atom is 0.410 e. The molecule has 2 atom stereocenters. The normalized spacial score (nSPS) is 25.3. The zero-order valence-electron chi connectivity index (χ0n) is 16.9. The molecular formula is C21H28N4O2Si. The number of carbonyl (C=O) groups is 1. The van der Waals surface area contributed by atoms with Gasteiger partial charge < -0.3 is 14.2 Å². The minimum absolute atomic E-state index is 0.127. The van der Waals surface area contributed by atoms with E-state index < -0.39 is 8.07 Å². The van der Waals surface area contributed by atoms with E-state index in [2.05, 4.69) is 34.0 Å². The number of nitrogens with zero attached hydrogens (tertiary/aromatic N) is 4. The smallest absolute Gasteiger partial charge is 0.410 e. The first-order chi connectivity index (χ1) is 13.3. The summed E-state index contributed by atoms with van der Waals surface area (Å²) in [6.45, 7) is 15.7. The van der Waals surface area contributed by atoms with Gasteiger partial charge in [-0.05, 0) is 43.7 Å². The van der Waals surface area contributed by atoms with Crippen LogP contribution in [0, 0.1) is 12.5 Å². The van der Waals surface area contributed by atoms with Gasteiger partial charge in [0.05, 0.1) is 38.6 Å². The molecule has 1 saturated carbocycles. The third-order valence-electron chi connectivity index (χ3n) is 5.80. The van der Waals surface area contributed by atoms with E-state index >= 15 is 0 Å². The third kappa shape index (κ3) is 3.79. The van der Waals surface area contributed by atoms with Crippen LogP contribution >= 0.6 is 0 Å². The van der Waals surface area contributed by atoms with Crippen molar-refractivity contribution in [2.45, 2.75) is 57.5 Å². The first kappa shape index (κ1) is 19.0. The zero-order chi connectivity index (χ0) is 19.9. The molecule has 1 spiro atoms. The zero-order valence-corrected chi connectivity index (χ0v) is 17.9. The van der Waals surface area contributed by atoms with Crippen molar-refractivity contribution >= 4 is 30.9 Å². The van der Waals surface area contributed by atoms with Gasteiger partial charge >= 0.3 is 6.09 Å². The molecule has 2 aromatic rings. The number of benzene rings is 1. The lowest BCUT2D eigenvalue weighted by molar-refractivity contribution is 0.00419.